The fourth-order valence-corrected chi connectivity index (χ4v) is 2.27. The second-order valence-corrected chi connectivity index (χ2v) is 4.23. The number of hydrogen-bond donors (Lipinski definition) is 2. The summed E-state index contributed by atoms with van der Waals surface area (Å²) in [5.74, 6) is 0.301. The van der Waals surface area contributed by atoms with Crippen molar-refractivity contribution in [3.8, 4) is 0 Å². The van der Waals surface area contributed by atoms with Gasteiger partial charge in [0.05, 0.1) is 10.6 Å². The molecule has 0 aliphatic rings. The zero-order valence-corrected chi connectivity index (χ0v) is 9.57. The number of rotatable bonds is 3. The molecule has 0 aliphatic heterocycles. The standard InChI is InChI=1S/C10H16N2OS/c1-4-6(2)7-5-14-9(11)8(7)10(13)12-3/h5-6H,4,11H2,1-3H3,(H,12,13). The van der Waals surface area contributed by atoms with E-state index in [0.29, 0.717) is 16.5 Å². The molecule has 1 heterocycles. The van der Waals surface area contributed by atoms with Gasteiger partial charge in [-0.3, -0.25) is 4.79 Å². The lowest BCUT2D eigenvalue weighted by Gasteiger charge is -2.09. The van der Waals surface area contributed by atoms with Crippen LogP contribution in [0.15, 0.2) is 5.38 Å². The van der Waals surface area contributed by atoms with E-state index >= 15 is 0 Å². The largest absolute Gasteiger partial charge is 0.390 e. The second kappa shape index (κ2) is 4.46. The number of hydrogen-bond acceptors (Lipinski definition) is 3. The highest BCUT2D eigenvalue weighted by Gasteiger charge is 2.19. The Hall–Kier alpha value is -1.03. The van der Waals surface area contributed by atoms with Crippen LogP contribution in [-0.4, -0.2) is 13.0 Å². The molecule has 3 nitrogen and oxygen atoms in total. The summed E-state index contributed by atoms with van der Waals surface area (Å²) in [4.78, 5) is 11.6. The maximum atomic E-state index is 11.6. The van der Waals surface area contributed by atoms with Gasteiger partial charge in [-0.15, -0.1) is 11.3 Å². The Kier molecular flexibility index (Phi) is 3.52. The van der Waals surface area contributed by atoms with Crippen LogP contribution < -0.4 is 11.1 Å². The monoisotopic (exact) mass is 212 g/mol. The SMILES string of the molecule is CCC(C)c1csc(N)c1C(=O)NC. The summed E-state index contributed by atoms with van der Waals surface area (Å²) in [7, 11) is 1.62. The van der Waals surface area contributed by atoms with Crippen molar-refractivity contribution >= 4 is 22.2 Å². The molecule has 1 aromatic heterocycles. The summed E-state index contributed by atoms with van der Waals surface area (Å²) in [5, 5.41) is 5.21. The van der Waals surface area contributed by atoms with Gasteiger partial charge in [0.25, 0.3) is 5.91 Å². The third-order valence-corrected chi connectivity index (χ3v) is 3.28. The number of thiophene rings is 1. The lowest BCUT2D eigenvalue weighted by Crippen LogP contribution is -2.20. The molecule has 0 spiro atoms. The highest BCUT2D eigenvalue weighted by molar-refractivity contribution is 7.14. The van der Waals surface area contributed by atoms with Crippen LogP contribution in [0.5, 0.6) is 0 Å². The summed E-state index contributed by atoms with van der Waals surface area (Å²) in [6.07, 6.45) is 1.01. The summed E-state index contributed by atoms with van der Waals surface area (Å²) in [6, 6.07) is 0. The maximum Gasteiger partial charge on any atom is 0.254 e. The normalized spacial score (nSPS) is 12.5. The number of anilines is 1. The lowest BCUT2D eigenvalue weighted by molar-refractivity contribution is 0.0963. The molecule has 0 aliphatic carbocycles. The minimum Gasteiger partial charge on any atom is -0.390 e. The Morgan fingerprint density at radius 2 is 2.36 bits per heavy atom. The van der Waals surface area contributed by atoms with Crippen LogP contribution in [0.2, 0.25) is 0 Å². The molecule has 3 N–H and O–H groups in total. The van der Waals surface area contributed by atoms with Crippen LogP contribution in [0.3, 0.4) is 0 Å². The molecule has 1 amide bonds. The van der Waals surface area contributed by atoms with E-state index in [-0.39, 0.29) is 5.91 Å². The van der Waals surface area contributed by atoms with Gasteiger partial charge < -0.3 is 11.1 Å². The number of carbonyl (C=O) groups excluding carboxylic acids is 1. The molecule has 1 unspecified atom stereocenters. The van der Waals surface area contributed by atoms with Gasteiger partial charge >= 0.3 is 0 Å². The molecule has 0 aromatic carbocycles. The van der Waals surface area contributed by atoms with Crippen molar-refractivity contribution in [1.29, 1.82) is 0 Å². The second-order valence-electron chi connectivity index (χ2n) is 3.32. The third-order valence-electron chi connectivity index (χ3n) is 2.45. The number of amides is 1. The Labute approximate surface area is 88.3 Å². The van der Waals surface area contributed by atoms with E-state index in [2.05, 4.69) is 19.2 Å². The van der Waals surface area contributed by atoms with Gasteiger partial charge in [-0.2, -0.15) is 0 Å². The average Bonchev–Trinajstić information content (AvgIpc) is 2.58. The zero-order valence-electron chi connectivity index (χ0n) is 8.76. The van der Waals surface area contributed by atoms with E-state index in [4.69, 9.17) is 5.73 Å². The van der Waals surface area contributed by atoms with Crippen LogP contribution in [-0.2, 0) is 0 Å². The number of nitrogen functional groups attached to an aromatic ring is 1. The lowest BCUT2D eigenvalue weighted by atomic mass is 9.97. The topological polar surface area (TPSA) is 55.1 Å². The van der Waals surface area contributed by atoms with Crippen LogP contribution in [0, 0.1) is 0 Å². The molecule has 4 heteroatoms. The molecule has 0 saturated carbocycles. The molecule has 0 radical (unpaired) electrons. The maximum absolute atomic E-state index is 11.6. The van der Waals surface area contributed by atoms with Crippen LogP contribution in [0.4, 0.5) is 5.00 Å². The average molecular weight is 212 g/mol. The fourth-order valence-electron chi connectivity index (χ4n) is 1.34. The Bertz CT molecular complexity index is 333. The predicted octanol–water partition coefficient (Wildman–Crippen LogP) is 2.20. The molecule has 1 aromatic rings. The molecule has 78 valence electrons. The van der Waals surface area contributed by atoms with Crippen LogP contribution >= 0.6 is 11.3 Å². The van der Waals surface area contributed by atoms with Gasteiger partial charge in [-0.25, -0.2) is 0 Å². The molecular weight excluding hydrogens is 196 g/mol. The van der Waals surface area contributed by atoms with Crippen molar-refractivity contribution in [2.24, 2.45) is 0 Å². The number of nitrogens with one attached hydrogen (secondary N) is 1. The van der Waals surface area contributed by atoms with Crippen LogP contribution in [0.25, 0.3) is 0 Å². The number of carbonyl (C=O) groups is 1. The van der Waals surface area contributed by atoms with E-state index < -0.39 is 0 Å². The van der Waals surface area contributed by atoms with Crippen molar-refractivity contribution < 1.29 is 4.79 Å². The first kappa shape index (κ1) is 11.0. The summed E-state index contributed by atoms with van der Waals surface area (Å²) in [5.41, 5.74) is 7.49. The van der Waals surface area contributed by atoms with Gasteiger partial charge in [0, 0.05) is 7.05 Å². The smallest absolute Gasteiger partial charge is 0.254 e. The molecule has 1 rings (SSSR count). The molecule has 0 bridgehead atoms. The van der Waals surface area contributed by atoms with E-state index in [1.807, 2.05) is 5.38 Å². The molecule has 0 fully saturated rings. The minimum atomic E-state index is -0.0842. The third kappa shape index (κ3) is 1.90. The van der Waals surface area contributed by atoms with Crippen molar-refractivity contribution in [1.82, 2.24) is 5.32 Å². The summed E-state index contributed by atoms with van der Waals surface area (Å²) in [6.45, 7) is 4.21. The first-order valence-electron chi connectivity index (χ1n) is 4.70. The first-order valence-corrected chi connectivity index (χ1v) is 5.58. The van der Waals surface area contributed by atoms with Crippen molar-refractivity contribution in [3.05, 3.63) is 16.5 Å². The highest BCUT2D eigenvalue weighted by Crippen LogP contribution is 2.32. The fraction of sp³-hybridized carbons (Fsp3) is 0.500. The first-order chi connectivity index (χ1) is 6.61. The predicted molar refractivity (Wildman–Crippen MR) is 60.8 cm³/mol. The quantitative estimate of drug-likeness (QED) is 0.807. The molecule has 1 atom stereocenters. The minimum absolute atomic E-state index is 0.0842. The Balaban J connectivity index is 3.12. The van der Waals surface area contributed by atoms with Crippen molar-refractivity contribution in [2.75, 3.05) is 12.8 Å². The van der Waals surface area contributed by atoms with Gasteiger partial charge in [0.2, 0.25) is 0 Å². The van der Waals surface area contributed by atoms with Gasteiger partial charge in [0.1, 0.15) is 0 Å². The van der Waals surface area contributed by atoms with E-state index in [0.717, 1.165) is 12.0 Å². The van der Waals surface area contributed by atoms with Crippen LogP contribution in [0.1, 0.15) is 42.1 Å². The summed E-state index contributed by atoms with van der Waals surface area (Å²) >= 11 is 1.44. The summed E-state index contributed by atoms with van der Waals surface area (Å²) < 4.78 is 0. The molecule has 14 heavy (non-hydrogen) atoms. The van der Waals surface area contributed by atoms with Crippen molar-refractivity contribution in [2.45, 2.75) is 26.2 Å². The zero-order chi connectivity index (χ0) is 10.7. The molecular formula is C10H16N2OS. The Morgan fingerprint density at radius 1 is 1.71 bits per heavy atom. The number of nitrogens with two attached hydrogens (primary N) is 1. The van der Waals surface area contributed by atoms with E-state index in [1.165, 1.54) is 11.3 Å². The van der Waals surface area contributed by atoms with E-state index in [1.54, 1.807) is 7.05 Å². The van der Waals surface area contributed by atoms with Gasteiger partial charge in [0.15, 0.2) is 0 Å². The Morgan fingerprint density at radius 3 is 2.86 bits per heavy atom. The van der Waals surface area contributed by atoms with Gasteiger partial charge in [-0.1, -0.05) is 13.8 Å². The van der Waals surface area contributed by atoms with E-state index in [9.17, 15) is 4.79 Å². The molecule has 0 saturated heterocycles. The highest BCUT2D eigenvalue weighted by atomic mass is 32.1. The van der Waals surface area contributed by atoms with Gasteiger partial charge in [-0.05, 0) is 23.3 Å². The van der Waals surface area contributed by atoms with Crippen molar-refractivity contribution in [3.63, 3.8) is 0 Å².